The van der Waals surface area contributed by atoms with Crippen LogP contribution in [-0.2, 0) is 38.5 Å². The first-order valence-electron chi connectivity index (χ1n) is 50.6. The molecule has 0 radical (unpaired) electrons. The van der Waals surface area contributed by atoms with Crippen molar-refractivity contribution in [1.29, 1.82) is 0 Å². The fraction of sp³-hybridized carbons (Fsp3) is 0.802. The highest BCUT2D eigenvalue weighted by molar-refractivity contribution is 5.66. The molecule has 636 valence electrons. The van der Waals surface area contributed by atoms with Gasteiger partial charge in [0.15, 0.2) is 5.82 Å². The maximum atomic E-state index is 5.45. The van der Waals surface area contributed by atoms with Gasteiger partial charge >= 0.3 is 0 Å². The number of rotatable bonds is 83. The van der Waals surface area contributed by atoms with E-state index < -0.39 is 0 Å². The van der Waals surface area contributed by atoms with Crippen LogP contribution < -0.4 is 10.6 Å². The van der Waals surface area contributed by atoms with Gasteiger partial charge in [0.25, 0.3) is 0 Å². The number of anilines is 4. The van der Waals surface area contributed by atoms with E-state index in [1.54, 1.807) is 33.4 Å². The Balaban J connectivity index is 1.72. The highest BCUT2D eigenvalue weighted by atomic mass is 15.2. The van der Waals surface area contributed by atoms with Crippen LogP contribution in [0.3, 0.4) is 0 Å². The van der Waals surface area contributed by atoms with E-state index in [0.717, 1.165) is 48.4 Å². The zero-order valence-corrected chi connectivity index (χ0v) is 75.6. The lowest BCUT2D eigenvalue weighted by Gasteiger charge is -2.20. The average molecular weight is 1530 g/mol. The largest absolute Gasteiger partial charge is 0.324 e. The molecule has 0 aliphatic carbocycles. The van der Waals surface area contributed by atoms with E-state index in [-0.39, 0.29) is 0 Å². The zero-order chi connectivity index (χ0) is 78.9. The van der Waals surface area contributed by atoms with Crippen molar-refractivity contribution in [1.82, 2.24) is 15.0 Å². The van der Waals surface area contributed by atoms with E-state index in [4.69, 9.17) is 15.0 Å². The molecule has 5 heteroatoms. The molecule has 0 bridgehead atoms. The third-order valence-electron chi connectivity index (χ3n) is 25.1. The van der Waals surface area contributed by atoms with E-state index >= 15 is 0 Å². The molecule has 4 rings (SSSR count). The van der Waals surface area contributed by atoms with Gasteiger partial charge in [-0.2, -0.15) is 15.0 Å². The molecular formula is C106H187N5. The molecule has 0 amide bonds. The van der Waals surface area contributed by atoms with Crippen molar-refractivity contribution >= 4 is 23.3 Å². The summed E-state index contributed by atoms with van der Waals surface area (Å²) in [5.74, 6) is 2.01. The first-order valence-corrected chi connectivity index (χ1v) is 50.6. The van der Waals surface area contributed by atoms with Crippen molar-refractivity contribution in [3.63, 3.8) is 0 Å². The van der Waals surface area contributed by atoms with Gasteiger partial charge in [0.2, 0.25) is 11.9 Å². The van der Waals surface area contributed by atoms with Crippen LogP contribution in [0, 0.1) is 6.92 Å². The Morgan fingerprint density at radius 3 is 0.559 bits per heavy atom. The summed E-state index contributed by atoms with van der Waals surface area (Å²) >= 11 is 0. The molecule has 111 heavy (non-hydrogen) atoms. The van der Waals surface area contributed by atoms with Crippen LogP contribution in [0.5, 0.6) is 0 Å². The van der Waals surface area contributed by atoms with E-state index in [2.05, 4.69) is 108 Å². The Morgan fingerprint density at radius 1 is 0.198 bits per heavy atom. The van der Waals surface area contributed by atoms with Gasteiger partial charge in [-0.1, -0.05) is 495 Å². The summed E-state index contributed by atoms with van der Waals surface area (Å²) in [5, 5.41) is 7.97. The third-order valence-corrected chi connectivity index (χ3v) is 25.1. The Morgan fingerprint density at radius 2 is 0.369 bits per heavy atom. The molecule has 0 spiro atoms. The molecule has 4 aromatic rings. The lowest BCUT2D eigenvalue weighted by atomic mass is 9.89. The number of nitrogens with one attached hydrogen (secondary N) is 2. The van der Waals surface area contributed by atoms with Crippen LogP contribution in [0.15, 0.2) is 48.5 Å². The Hall–Kier alpha value is -3.73. The minimum atomic E-state index is 0.640. The summed E-state index contributed by atoms with van der Waals surface area (Å²) in [6.07, 6.45) is 107. The second kappa shape index (κ2) is 73.9. The highest BCUT2D eigenvalue weighted by Gasteiger charge is 2.18. The van der Waals surface area contributed by atoms with Gasteiger partial charge < -0.3 is 10.6 Å². The lowest BCUT2D eigenvalue weighted by Crippen LogP contribution is -2.09. The minimum absolute atomic E-state index is 0.640. The second-order valence-electron chi connectivity index (χ2n) is 35.8. The Kier molecular flexibility index (Phi) is 66.3. The van der Waals surface area contributed by atoms with Gasteiger partial charge in [-0.05, 0) is 142 Å². The SMILES string of the molecule is CCCCCCCCCCCCCCc1cc(Nc2nc(Nc3cc(CCCCCCCCCCCCCC)c(CCCCCCCCCCCCCC)c(CCCCCCCCCCCCCC)c3)nc(-c3ccc(C)cc3)n2)cc(CCCCCCCCCCCCCC)c1CCCCCCCCCCCCCC. The maximum Gasteiger partial charge on any atom is 0.232 e. The number of nitrogens with zero attached hydrogens (tertiary/aromatic N) is 3. The van der Waals surface area contributed by atoms with Gasteiger partial charge in [0, 0.05) is 16.9 Å². The predicted octanol–water partition coefficient (Wildman–Crippen LogP) is 36.8. The van der Waals surface area contributed by atoms with Crippen LogP contribution in [0.4, 0.5) is 23.3 Å². The topological polar surface area (TPSA) is 62.7 Å². The monoisotopic (exact) mass is 1530 g/mol. The van der Waals surface area contributed by atoms with E-state index in [1.165, 1.54) is 481 Å². The molecule has 2 N–H and O–H groups in total. The van der Waals surface area contributed by atoms with Crippen molar-refractivity contribution in [2.45, 2.75) is 549 Å². The smallest absolute Gasteiger partial charge is 0.232 e. The normalized spacial score (nSPS) is 11.7. The van der Waals surface area contributed by atoms with E-state index in [9.17, 15) is 0 Å². The number of aryl methyl sites for hydroxylation is 5. The summed E-state index contributed by atoms with van der Waals surface area (Å²) in [4.78, 5) is 16.2. The molecule has 5 nitrogen and oxygen atoms in total. The number of aromatic nitrogens is 3. The lowest BCUT2D eigenvalue weighted by molar-refractivity contribution is 0.540. The van der Waals surface area contributed by atoms with Gasteiger partial charge in [0.05, 0.1) is 0 Å². The van der Waals surface area contributed by atoms with Crippen LogP contribution in [0.2, 0.25) is 0 Å². The van der Waals surface area contributed by atoms with Crippen molar-refractivity contribution in [3.8, 4) is 11.4 Å². The van der Waals surface area contributed by atoms with Crippen molar-refractivity contribution in [2.75, 3.05) is 10.6 Å². The molecule has 0 saturated carbocycles. The van der Waals surface area contributed by atoms with E-state index in [0.29, 0.717) is 11.9 Å². The van der Waals surface area contributed by atoms with Crippen molar-refractivity contribution < 1.29 is 0 Å². The number of benzene rings is 3. The number of unbranched alkanes of at least 4 members (excludes halogenated alkanes) is 66. The molecule has 0 unspecified atom stereocenters. The molecular weight excluding hydrogens is 1340 g/mol. The first kappa shape index (κ1) is 99.6. The van der Waals surface area contributed by atoms with Crippen LogP contribution in [0.25, 0.3) is 11.4 Å². The summed E-state index contributed by atoms with van der Waals surface area (Å²) in [7, 11) is 0. The molecule has 1 heterocycles. The summed E-state index contributed by atoms with van der Waals surface area (Å²) in [6.45, 7) is 16.2. The molecule has 0 saturated heterocycles. The Bertz CT molecular complexity index is 2420. The summed E-state index contributed by atoms with van der Waals surface area (Å²) in [6, 6.07) is 19.1. The van der Waals surface area contributed by atoms with Crippen molar-refractivity contribution in [3.05, 3.63) is 87.5 Å². The third kappa shape index (κ3) is 54.0. The standard InChI is InChI=1S/C106H187N5/c1-8-14-20-26-32-38-44-50-56-62-68-74-80-96-90-100(91-97(81-75-69-63-57-51-45-39-33-27-21-15-9-2)102(96)84-78-72-66-60-54-48-42-36-30-24-18-12-5)107-105-109-104(95-88-86-94(7)87-89-95)110-106(111-105)108-101-92-98(82-76-70-64-58-52-46-40-34-28-22-16-10-3)103(85-79-73-67-61-55-49-43-37-31-25-19-13-6)99(93-101)83-77-71-65-59-53-47-41-35-29-23-17-11-4/h86-93H,8-85H2,1-7H3,(H2,107,108,109,110,111). The molecule has 0 fully saturated rings. The molecule has 0 aliphatic rings. The molecule has 1 aromatic heterocycles. The zero-order valence-electron chi connectivity index (χ0n) is 75.6. The predicted molar refractivity (Wildman–Crippen MR) is 498 cm³/mol. The number of hydrogen-bond acceptors (Lipinski definition) is 5. The van der Waals surface area contributed by atoms with Crippen LogP contribution >= 0.6 is 0 Å². The van der Waals surface area contributed by atoms with Crippen LogP contribution in [-0.4, -0.2) is 15.0 Å². The van der Waals surface area contributed by atoms with Gasteiger partial charge in [-0.3, -0.25) is 0 Å². The Labute approximate surface area is 692 Å². The fourth-order valence-electron chi connectivity index (χ4n) is 17.8. The second-order valence-corrected chi connectivity index (χ2v) is 35.8. The minimum Gasteiger partial charge on any atom is -0.324 e. The molecule has 3 aromatic carbocycles. The average Bonchev–Trinajstić information content (AvgIpc) is 0.814. The number of hydrogen-bond donors (Lipinski definition) is 2. The quantitative estimate of drug-likeness (QED) is 0.0431. The summed E-state index contributed by atoms with van der Waals surface area (Å²) < 4.78 is 0. The van der Waals surface area contributed by atoms with Gasteiger partial charge in [-0.15, -0.1) is 0 Å². The summed E-state index contributed by atoms with van der Waals surface area (Å²) in [5.41, 5.74) is 14.3. The molecule has 0 aliphatic heterocycles. The first-order chi connectivity index (χ1) is 54.9. The van der Waals surface area contributed by atoms with Crippen molar-refractivity contribution in [2.24, 2.45) is 0 Å². The van der Waals surface area contributed by atoms with Gasteiger partial charge in [-0.25, -0.2) is 0 Å². The fourth-order valence-corrected chi connectivity index (χ4v) is 17.8. The highest BCUT2D eigenvalue weighted by Crippen LogP contribution is 2.34. The van der Waals surface area contributed by atoms with Crippen LogP contribution in [0.1, 0.15) is 543 Å². The van der Waals surface area contributed by atoms with E-state index in [1.807, 2.05) is 0 Å². The maximum absolute atomic E-state index is 5.45. The molecule has 0 atom stereocenters. The van der Waals surface area contributed by atoms with Gasteiger partial charge in [0.1, 0.15) is 0 Å².